The number of hydrogen-bond acceptors (Lipinski definition) is 8. The Balaban J connectivity index is 1.93. The largest absolute Gasteiger partial charge is 0.444 e. The molecule has 4 N–H and O–H groups in total. The van der Waals surface area contributed by atoms with Crippen LogP contribution < -0.4 is 11.1 Å². The number of esters is 2. The Labute approximate surface area is 198 Å². The SMILES string of the molecule is CC(C)(C)OC(=O)N[C@@H]([C@@H](O)C[C@@H](N)Cc1ccccc1)C1(c2ccccc2)OC(=O)C(=O)O1. The van der Waals surface area contributed by atoms with E-state index in [0.29, 0.717) is 6.42 Å². The highest BCUT2D eigenvalue weighted by molar-refractivity contribution is 6.31. The fourth-order valence-corrected chi connectivity index (χ4v) is 3.80. The van der Waals surface area contributed by atoms with Crippen molar-refractivity contribution in [3.8, 4) is 0 Å². The predicted octanol–water partition coefficient (Wildman–Crippen LogP) is 2.15. The van der Waals surface area contributed by atoms with Gasteiger partial charge in [0.15, 0.2) is 0 Å². The second-order valence-corrected chi connectivity index (χ2v) is 9.19. The third-order valence-electron chi connectivity index (χ3n) is 5.18. The van der Waals surface area contributed by atoms with E-state index in [2.05, 4.69) is 5.32 Å². The average molecular weight is 471 g/mol. The zero-order valence-electron chi connectivity index (χ0n) is 19.4. The quantitative estimate of drug-likeness (QED) is 0.394. The van der Waals surface area contributed by atoms with Crippen LogP contribution in [0.5, 0.6) is 0 Å². The number of rotatable bonds is 8. The van der Waals surface area contributed by atoms with Crippen molar-refractivity contribution in [3.05, 3.63) is 71.8 Å². The molecule has 182 valence electrons. The summed E-state index contributed by atoms with van der Waals surface area (Å²) < 4.78 is 16.1. The lowest BCUT2D eigenvalue weighted by molar-refractivity contribution is -0.209. The van der Waals surface area contributed by atoms with Gasteiger partial charge in [0, 0.05) is 11.6 Å². The maximum absolute atomic E-state index is 12.7. The number of nitrogens with one attached hydrogen (secondary N) is 1. The molecular weight excluding hydrogens is 440 g/mol. The number of aliphatic hydroxyl groups is 1. The summed E-state index contributed by atoms with van der Waals surface area (Å²) in [7, 11) is 0. The normalized spacial score (nSPS) is 17.8. The van der Waals surface area contributed by atoms with Crippen LogP contribution in [0.25, 0.3) is 0 Å². The van der Waals surface area contributed by atoms with Gasteiger partial charge in [0.25, 0.3) is 0 Å². The molecule has 1 saturated heterocycles. The van der Waals surface area contributed by atoms with Crippen LogP contribution in [0.2, 0.25) is 0 Å². The van der Waals surface area contributed by atoms with Crippen molar-refractivity contribution in [2.24, 2.45) is 5.73 Å². The average Bonchev–Trinajstić information content (AvgIpc) is 3.07. The molecule has 9 nitrogen and oxygen atoms in total. The molecule has 1 fully saturated rings. The zero-order valence-corrected chi connectivity index (χ0v) is 19.4. The Morgan fingerprint density at radius 3 is 2.09 bits per heavy atom. The summed E-state index contributed by atoms with van der Waals surface area (Å²) in [5.41, 5.74) is 6.68. The van der Waals surface area contributed by atoms with Gasteiger partial charge in [0.2, 0.25) is 0 Å². The summed E-state index contributed by atoms with van der Waals surface area (Å²) >= 11 is 0. The van der Waals surface area contributed by atoms with E-state index in [1.54, 1.807) is 51.1 Å². The molecule has 0 radical (unpaired) electrons. The minimum atomic E-state index is -2.10. The number of alkyl carbamates (subject to hydrolysis) is 1. The lowest BCUT2D eigenvalue weighted by Gasteiger charge is -2.38. The maximum atomic E-state index is 12.7. The highest BCUT2D eigenvalue weighted by Crippen LogP contribution is 2.38. The number of aliphatic hydroxyl groups excluding tert-OH is 1. The van der Waals surface area contributed by atoms with Gasteiger partial charge in [-0.1, -0.05) is 60.7 Å². The molecule has 0 bridgehead atoms. The first-order valence-corrected chi connectivity index (χ1v) is 11.0. The Kier molecular flexibility index (Phi) is 7.58. The molecule has 34 heavy (non-hydrogen) atoms. The molecule has 1 aliphatic heterocycles. The fraction of sp³-hybridized carbons (Fsp3) is 0.400. The van der Waals surface area contributed by atoms with Gasteiger partial charge in [0.05, 0.1) is 6.10 Å². The topological polar surface area (TPSA) is 137 Å². The second-order valence-electron chi connectivity index (χ2n) is 9.19. The minimum Gasteiger partial charge on any atom is -0.444 e. The van der Waals surface area contributed by atoms with Crippen molar-refractivity contribution in [2.75, 3.05) is 0 Å². The highest BCUT2D eigenvalue weighted by atomic mass is 16.8. The van der Waals surface area contributed by atoms with E-state index in [0.717, 1.165) is 5.56 Å². The molecule has 1 amide bonds. The molecule has 0 saturated carbocycles. The van der Waals surface area contributed by atoms with Gasteiger partial charge in [-0.3, -0.25) is 0 Å². The molecule has 0 spiro atoms. The van der Waals surface area contributed by atoms with Crippen molar-refractivity contribution in [3.63, 3.8) is 0 Å². The van der Waals surface area contributed by atoms with E-state index in [-0.39, 0.29) is 12.0 Å². The van der Waals surface area contributed by atoms with E-state index in [9.17, 15) is 19.5 Å². The first-order valence-electron chi connectivity index (χ1n) is 11.0. The molecule has 3 rings (SSSR count). The molecule has 9 heteroatoms. The number of carbonyl (C=O) groups is 3. The van der Waals surface area contributed by atoms with E-state index < -0.39 is 47.6 Å². The highest BCUT2D eigenvalue weighted by Gasteiger charge is 2.58. The number of ether oxygens (including phenoxy) is 3. The summed E-state index contributed by atoms with van der Waals surface area (Å²) in [4.78, 5) is 36.9. The molecule has 3 atom stereocenters. The number of cyclic esters (lactones) is 2. The van der Waals surface area contributed by atoms with Gasteiger partial charge in [-0.25, -0.2) is 14.4 Å². The van der Waals surface area contributed by atoms with Gasteiger partial charge in [0.1, 0.15) is 11.6 Å². The number of benzene rings is 2. The van der Waals surface area contributed by atoms with Crippen LogP contribution in [-0.4, -0.2) is 46.9 Å². The summed E-state index contributed by atoms with van der Waals surface area (Å²) in [6, 6.07) is 15.7. The summed E-state index contributed by atoms with van der Waals surface area (Å²) in [6.45, 7) is 5.03. The zero-order chi connectivity index (χ0) is 24.9. The summed E-state index contributed by atoms with van der Waals surface area (Å²) in [5, 5.41) is 13.8. The van der Waals surface area contributed by atoms with Gasteiger partial charge in [-0.15, -0.1) is 0 Å². The summed E-state index contributed by atoms with van der Waals surface area (Å²) in [5.74, 6) is -4.57. The van der Waals surface area contributed by atoms with Crippen LogP contribution in [0.4, 0.5) is 4.79 Å². The lowest BCUT2D eigenvalue weighted by Crippen LogP contribution is -2.59. The predicted molar refractivity (Wildman–Crippen MR) is 122 cm³/mol. The molecule has 0 unspecified atom stereocenters. The Morgan fingerprint density at radius 2 is 1.56 bits per heavy atom. The van der Waals surface area contributed by atoms with Crippen molar-refractivity contribution >= 4 is 18.0 Å². The van der Waals surface area contributed by atoms with Crippen LogP contribution >= 0.6 is 0 Å². The standard InChI is InChI=1S/C25H30N2O7/c1-24(2,3)34-23(31)27-20(19(28)15-18(26)14-16-10-6-4-7-11-16)25(17-12-8-5-9-13-17)32-21(29)22(30)33-25/h4-13,18-20,28H,14-15,26H2,1-3H3,(H,27,31)/t18-,19-,20-/m0/s1. The van der Waals surface area contributed by atoms with Crippen molar-refractivity contribution < 1.29 is 33.7 Å². The fourth-order valence-electron chi connectivity index (χ4n) is 3.80. The molecule has 2 aromatic carbocycles. The third-order valence-corrected chi connectivity index (χ3v) is 5.18. The molecule has 1 aliphatic rings. The van der Waals surface area contributed by atoms with Gasteiger partial charge in [-0.05, 0) is 39.2 Å². The number of nitrogens with two attached hydrogens (primary N) is 1. The van der Waals surface area contributed by atoms with Gasteiger partial charge >= 0.3 is 23.8 Å². The molecule has 0 aliphatic carbocycles. The van der Waals surface area contributed by atoms with Gasteiger partial charge < -0.3 is 30.4 Å². The number of hydrogen-bond donors (Lipinski definition) is 3. The molecule has 2 aromatic rings. The number of amides is 1. The Hall–Kier alpha value is -3.43. The molecule has 1 heterocycles. The molecule has 0 aromatic heterocycles. The Bertz CT molecular complexity index is 989. The van der Waals surface area contributed by atoms with Gasteiger partial charge in [-0.2, -0.15) is 0 Å². The summed E-state index contributed by atoms with van der Waals surface area (Å²) in [6.07, 6.45) is -1.80. The van der Waals surface area contributed by atoms with Crippen LogP contribution in [0.3, 0.4) is 0 Å². The first kappa shape index (κ1) is 25.2. The van der Waals surface area contributed by atoms with E-state index >= 15 is 0 Å². The first-order chi connectivity index (χ1) is 16.0. The molecular formula is C25H30N2O7. The van der Waals surface area contributed by atoms with E-state index in [4.69, 9.17) is 19.9 Å². The third kappa shape index (κ3) is 6.12. The van der Waals surface area contributed by atoms with Crippen LogP contribution in [-0.2, 0) is 36.0 Å². The number of carbonyl (C=O) groups excluding carboxylic acids is 3. The van der Waals surface area contributed by atoms with Crippen molar-refractivity contribution in [1.82, 2.24) is 5.32 Å². The van der Waals surface area contributed by atoms with E-state index in [1.807, 2.05) is 30.3 Å². The maximum Gasteiger partial charge on any atom is 0.421 e. The van der Waals surface area contributed by atoms with Crippen molar-refractivity contribution in [2.45, 2.75) is 63.2 Å². The minimum absolute atomic E-state index is 0.000949. The van der Waals surface area contributed by atoms with E-state index in [1.165, 1.54) is 0 Å². The van der Waals surface area contributed by atoms with Crippen LogP contribution in [0.15, 0.2) is 60.7 Å². The lowest BCUT2D eigenvalue weighted by atomic mass is 9.89. The monoisotopic (exact) mass is 470 g/mol. The second kappa shape index (κ2) is 10.2. The van der Waals surface area contributed by atoms with Crippen LogP contribution in [0.1, 0.15) is 38.3 Å². The smallest absolute Gasteiger partial charge is 0.421 e. The van der Waals surface area contributed by atoms with Crippen molar-refractivity contribution in [1.29, 1.82) is 0 Å². The Morgan fingerprint density at radius 1 is 1.03 bits per heavy atom. The van der Waals surface area contributed by atoms with Crippen LogP contribution in [0, 0.1) is 0 Å².